The Balaban J connectivity index is 1.76. The first kappa shape index (κ1) is 12.1. The molecule has 0 aliphatic rings. The quantitative estimate of drug-likeness (QED) is 0.544. The Kier molecular flexibility index (Phi) is 2.72. The Hall–Kier alpha value is -2.66. The second kappa shape index (κ2) is 4.71. The average molecular weight is 292 g/mol. The van der Waals surface area contributed by atoms with Crippen molar-refractivity contribution >= 4 is 49.5 Å². The van der Waals surface area contributed by atoms with E-state index in [9.17, 15) is 0 Å². The zero-order chi connectivity index (χ0) is 14.2. The largest absolute Gasteiger partial charge is 0.395 e. The Labute approximate surface area is 125 Å². The molecule has 5 heteroatoms. The molecule has 3 N–H and O–H groups in total. The summed E-state index contributed by atoms with van der Waals surface area (Å²) in [7, 11) is 0. The highest BCUT2D eigenvalue weighted by Gasteiger charge is 2.07. The van der Waals surface area contributed by atoms with E-state index >= 15 is 0 Å². The van der Waals surface area contributed by atoms with E-state index in [1.165, 1.54) is 0 Å². The molecule has 102 valence electrons. The van der Waals surface area contributed by atoms with Crippen molar-refractivity contribution < 1.29 is 0 Å². The minimum Gasteiger partial charge on any atom is -0.395 e. The van der Waals surface area contributed by atoms with Gasteiger partial charge in [-0.15, -0.1) is 11.3 Å². The van der Waals surface area contributed by atoms with E-state index in [4.69, 9.17) is 5.73 Å². The van der Waals surface area contributed by atoms with Crippen LogP contribution < -0.4 is 11.1 Å². The normalized spacial score (nSPS) is 11.0. The molecule has 0 amide bonds. The fourth-order valence-electron chi connectivity index (χ4n) is 2.37. The van der Waals surface area contributed by atoms with Gasteiger partial charge in [-0.2, -0.15) is 0 Å². The molecule has 2 heterocycles. The smallest absolute Gasteiger partial charge is 0.106 e. The first-order valence-corrected chi connectivity index (χ1v) is 7.43. The number of nitrogen functional groups attached to an aromatic ring is 1. The fourth-order valence-corrected chi connectivity index (χ4v) is 3.06. The van der Waals surface area contributed by atoms with Crippen molar-refractivity contribution in [2.45, 2.75) is 0 Å². The number of hydrogen-bond donors (Lipinski definition) is 2. The standard InChI is InChI=1S/C16H12N4S/c17-15-13(5-6-14-16(15)19-9-21-14)20-11-3-4-12-10(8-11)2-1-7-18-12/h1-9,20H,17H2. The van der Waals surface area contributed by atoms with Gasteiger partial charge in [0.05, 0.1) is 27.1 Å². The van der Waals surface area contributed by atoms with Crippen molar-refractivity contribution in [3.05, 3.63) is 54.2 Å². The highest BCUT2D eigenvalue weighted by Crippen LogP contribution is 2.32. The van der Waals surface area contributed by atoms with Crippen LogP contribution in [0.4, 0.5) is 17.1 Å². The summed E-state index contributed by atoms with van der Waals surface area (Å²) >= 11 is 1.59. The molecular weight excluding hydrogens is 280 g/mol. The van der Waals surface area contributed by atoms with Crippen LogP contribution in [0.15, 0.2) is 54.2 Å². The summed E-state index contributed by atoms with van der Waals surface area (Å²) < 4.78 is 1.10. The SMILES string of the molecule is Nc1c(Nc2ccc3ncccc3c2)ccc2scnc12. The molecular formula is C16H12N4S. The van der Waals surface area contributed by atoms with Crippen LogP contribution in [0, 0.1) is 0 Å². The molecule has 4 rings (SSSR count). The Morgan fingerprint density at radius 1 is 1.05 bits per heavy atom. The Morgan fingerprint density at radius 2 is 2.00 bits per heavy atom. The topological polar surface area (TPSA) is 63.8 Å². The Bertz CT molecular complexity index is 945. The zero-order valence-electron chi connectivity index (χ0n) is 11.1. The van der Waals surface area contributed by atoms with Crippen molar-refractivity contribution in [3.63, 3.8) is 0 Å². The van der Waals surface area contributed by atoms with Crippen LogP contribution in [0.25, 0.3) is 21.1 Å². The number of fused-ring (bicyclic) bond motifs is 2. The van der Waals surface area contributed by atoms with Crippen LogP contribution >= 0.6 is 11.3 Å². The van der Waals surface area contributed by atoms with E-state index in [2.05, 4.69) is 21.4 Å². The summed E-state index contributed by atoms with van der Waals surface area (Å²) in [6.45, 7) is 0. The number of nitrogens with two attached hydrogens (primary N) is 1. The first-order valence-electron chi connectivity index (χ1n) is 6.55. The zero-order valence-corrected chi connectivity index (χ0v) is 11.9. The van der Waals surface area contributed by atoms with Crippen LogP contribution in [0.5, 0.6) is 0 Å². The maximum absolute atomic E-state index is 6.19. The molecule has 0 atom stereocenters. The number of anilines is 3. The van der Waals surface area contributed by atoms with Crippen LogP contribution in [0.3, 0.4) is 0 Å². The number of benzene rings is 2. The molecule has 0 bridgehead atoms. The Morgan fingerprint density at radius 3 is 2.95 bits per heavy atom. The van der Waals surface area contributed by atoms with Crippen LogP contribution in [0.1, 0.15) is 0 Å². The molecule has 0 fully saturated rings. The molecule has 0 unspecified atom stereocenters. The highest BCUT2D eigenvalue weighted by atomic mass is 32.1. The molecule has 4 aromatic rings. The van der Waals surface area contributed by atoms with Crippen molar-refractivity contribution in [2.75, 3.05) is 11.1 Å². The summed E-state index contributed by atoms with van der Waals surface area (Å²) in [5.41, 5.74) is 12.4. The van der Waals surface area contributed by atoms with Gasteiger partial charge >= 0.3 is 0 Å². The number of nitrogens with zero attached hydrogens (tertiary/aromatic N) is 2. The summed E-state index contributed by atoms with van der Waals surface area (Å²) in [4.78, 5) is 8.63. The molecule has 2 aromatic heterocycles. The third kappa shape index (κ3) is 2.08. The molecule has 0 aliphatic carbocycles. The van der Waals surface area contributed by atoms with Crippen molar-refractivity contribution in [1.82, 2.24) is 9.97 Å². The molecule has 2 aromatic carbocycles. The number of thiazole rings is 1. The second-order valence-corrected chi connectivity index (χ2v) is 5.65. The fraction of sp³-hybridized carbons (Fsp3) is 0. The van der Waals surface area contributed by atoms with Gasteiger partial charge in [-0.05, 0) is 36.4 Å². The van der Waals surface area contributed by atoms with Gasteiger partial charge < -0.3 is 11.1 Å². The minimum atomic E-state index is 0.681. The van der Waals surface area contributed by atoms with Crippen molar-refractivity contribution in [1.29, 1.82) is 0 Å². The third-order valence-corrected chi connectivity index (χ3v) is 4.22. The molecule has 0 saturated carbocycles. The molecule has 0 saturated heterocycles. The summed E-state index contributed by atoms with van der Waals surface area (Å²) in [5.74, 6) is 0. The minimum absolute atomic E-state index is 0.681. The lowest BCUT2D eigenvalue weighted by Crippen LogP contribution is -1.97. The number of pyridine rings is 1. The number of aromatic nitrogens is 2. The van der Waals surface area contributed by atoms with Crippen LogP contribution in [-0.2, 0) is 0 Å². The predicted molar refractivity (Wildman–Crippen MR) is 89.1 cm³/mol. The van der Waals surface area contributed by atoms with Gasteiger partial charge in [0.15, 0.2) is 0 Å². The average Bonchev–Trinajstić information content (AvgIpc) is 2.99. The van der Waals surface area contributed by atoms with Crippen molar-refractivity contribution in [3.8, 4) is 0 Å². The van der Waals surface area contributed by atoms with Gasteiger partial charge in [-0.25, -0.2) is 4.98 Å². The van der Waals surface area contributed by atoms with Crippen LogP contribution in [0.2, 0.25) is 0 Å². The van der Waals surface area contributed by atoms with Crippen molar-refractivity contribution in [2.24, 2.45) is 0 Å². The lowest BCUT2D eigenvalue weighted by molar-refractivity contribution is 1.41. The number of hydrogen-bond acceptors (Lipinski definition) is 5. The van der Waals surface area contributed by atoms with E-state index in [0.29, 0.717) is 5.69 Å². The molecule has 0 aliphatic heterocycles. The van der Waals surface area contributed by atoms with Gasteiger partial charge in [0, 0.05) is 17.3 Å². The lowest BCUT2D eigenvalue weighted by atomic mass is 10.2. The maximum Gasteiger partial charge on any atom is 0.106 e. The van der Waals surface area contributed by atoms with Gasteiger partial charge in [0.25, 0.3) is 0 Å². The third-order valence-electron chi connectivity index (χ3n) is 3.42. The van der Waals surface area contributed by atoms with Gasteiger partial charge in [-0.3, -0.25) is 4.98 Å². The van der Waals surface area contributed by atoms with Crippen LogP contribution in [-0.4, -0.2) is 9.97 Å². The molecule has 0 radical (unpaired) electrons. The van der Waals surface area contributed by atoms with E-state index < -0.39 is 0 Å². The maximum atomic E-state index is 6.19. The summed E-state index contributed by atoms with van der Waals surface area (Å²) in [5, 5.41) is 4.45. The predicted octanol–water partition coefficient (Wildman–Crippen LogP) is 4.17. The van der Waals surface area contributed by atoms with E-state index in [0.717, 1.165) is 32.5 Å². The number of nitrogens with one attached hydrogen (secondary N) is 1. The molecule has 0 spiro atoms. The summed E-state index contributed by atoms with van der Waals surface area (Å²) in [6, 6.07) is 14.1. The van der Waals surface area contributed by atoms with E-state index in [1.807, 2.05) is 41.9 Å². The monoisotopic (exact) mass is 292 g/mol. The van der Waals surface area contributed by atoms with Gasteiger partial charge in [0.1, 0.15) is 5.52 Å². The summed E-state index contributed by atoms with van der Waals surface area (Å²) in [6.07, 6.45) is 1.80. The van der Waals surface area contributed by atoms with Gasteiger partial charge in [0.2, 0.25) is 0 Å². The highest BCUT2D eigenvalue weighted by molar-refractivity contribution is 7.16. The molecule has 4 nitrogen and oxygen atoms in total. The lowest BCUT2D eigenvalue weighted by Gasteiger charge is -2.10. The first-order chi connectivity index (χ1) is 10.3. The van der Waals surface area contributed by atoms with Gasteiger partial charge in [-0.1, -0.05) is 6.07 Å². The van der Waals surface area contributed by atoms with E-state index in [-0.39, 0.29) is 0 Å². The number of rotatable bonds is 2. The molecule has 21 heavy (non-hydrogen) atoms. The second-order valence-electron chi connectivity index (χ2n) is 4.76. The van der Waals surface area contributed by atoms with E-state index in [1.54, 1.807) is 17.5 Å².